The third kappa shape index (κ3) is 28.0. The molecular formula is C22H44O4. The quantitative estimate of drug-likeness (QED) is 0.0939. The van der Waals surface area contributed by atoms with E-state index in [9.17, 15) is 4.79 Å². The Morgan fingerprint density at radius 1 is 0.615 bits per heavy atom. The van der Waals surface area contributed by atoms with Crippen molar-refractivity contribution in [1.29, 1.82) is 0 Å². The van der Waals surface area contributed by atoms with E-state index < -0.39 is 5.97 Å². The zero-order valence-electron chi connectivity index (χ0n) is 17.1. The predicted octanol–water partition coefficient (Wildman–Crippen LogP) is 7.69. The lowest BCUT2D eigenvalue weighted by molar-refractivity contribution is -0.176. The Labute approximate surface area is 161 Å². The van der Waals surface area contributed by atoms with Gasteiger partial charge < -0.3 is 5.11 Å². The van der Waals surface area contributed by atoms with E-state index in [-0.39, 0.29) is 0 Å². The summed E-state index contributed by atoms with van der Waals surface area (Å²) in [6.07, 6.45) is 27.1. The van der Waals surface area contributed by atoms with E-state index in [2.05, 4.69) is 19.1 Å². The molecule has 0 saturated carbocycles. The smallest absolute Gasteiger partial charge is 0.303 e. The zero-order chi connectivity index (χ0) is 19.7. The molecule has 0 saturated heterocycles. The first-order valence-electron chi connectivity index (χ1n) is 10.8. The van der Waals surface area contributed by atoms with Crippen LogP contribution in [0.5, 0.6) is 0 Å². The maximum Gasteiger partial charge on any atom is 0.303 e. The van der Waals surface area contributed by atoms with Crippen molar-refractivity contribution in [3.63, 3.8) is 0 Å². The Hall–Kier alpha value is -0.870. The highest BCUT2D eigenvalue weighted by Gasteiger charge is 1.96. The molecule has 0 bridgehead atoms. The Bertz CT molecular complexity index is 290. The van der Waals surface area contributed by atoms with Crippen LogP contribution in [0.2, 0.25) is 0 Å². The highest BCUT2D eigenvalue weighted by atomic mass is 17.0. The van der Waals surface area contributed by atoms with E-state index in [1.807, 2.05) is 0 Å². The maximum atomic E-state index is 10.4. The number of carboxylic acids is 1. The van der Waals surface area contributed by atoms with Crippen molar-refractivity contribution in [3.8, 4) is 0 Å². The number of unbranched alkanes of at least 4 members (excludes halogenated alkanes) is 15. The second kappa shape index (κ2) is 26.4. The van der Waals surface area contributed by atoms with Crippen molar-refractivity contribution in [2.24, 2.45) is 0 Å². The average Bonchev–Trinajstić information content (AvgIpc) is 2.65. The monoisotopic (exact) mass is 372 g/mol. The molecule has 0 fully saturated rings. The SMILES string of the molecule is CCCCCCCCC=CCCCCCCCCCCCC(=O)O.OO. The van der Waals surface area contributed by atoms with Gasteiger partial charge in [-0.15, -0.1) is 0 Å². The standard InChI is InChI=1S/C22H42O2.H2O2/c1-2-3-4-5-6-7-8-9-10-11-12-13-14-15-16-17-18-19-20-21-22(23)24;1-2/h9-10H,2-8,11-21H2,1H3,(H,23,24);1-2H. The molecule has 156 valence electrons. The minimum atomic E-state index is -0.656. The maximum absolute atomic E-state index is 10.4. The average molecular weight is 373 g/mol. The summed E-state index contributed by atoms with van der Waals surface area (Å²) in [7, 11) is 0. The molecule has 0 aliphatic heterocycles. The highest BCUT2D eigenvalue weighted by molar-refractivity contribution is 5.66. The van der Waals surface area contributed by atoms with E-state index in [1.54, 1.807) is 0 Å². The summed E-state index contributed by atoms with van der Waals surface area (Å²) in [6.45, 7) is 2.27. The zero-order valence-corrected chi connectivity index (χ0v) is 17.1. The number of carbonyl (C=O) groups is 1. The Kier molecular flexibility index (Phi) is 27.7. The fourth-order valence-electron chi connectivity index (χ4n) is 3.05. The van der Waals surface area contributed by atoms with E-state index in [1.165, 1.54) is 96.3 Å². The van der Waals surface area contributed by atoms with Gasteiger partial charge in [0, 0.05) is 6.42 Å². The van der Waals surface area contributed by atoms with Crippen LogP contribution in [0.3, 0.4) is 0 Å². The second-order valence-corrected chi connectivity index (χ2v) is 7.14. The van der Waals surface area contributed by atoms with Gasteiger partial charge in [0.05, 0.1) is 0 Å². The van der Waals surface area contributed by atoms with Crippen molar-refractivity contribution in [2.75, 3.05) is 0 Å². The molecule has 0 aromatic heterocycles. The van der Waals surface area contributed by atoms with Crippen molar-refractivity contribution in [1.82, 2.24) is 0 Å². The van der Waals surface area contributed by atoms with Crippen molar-refractivity contribution >= 4 is 5.97 Å². The molecule has 0 aliphatic carbocycles. The number of hydrogen-bond donors (Lipinski definition) is 3. The van der Waals surface area contributed by atoms with Gasteiger partial charge in [-0.25, -0.2) is 0 Å². The van der Waals surface area contributed by atoms with E-state index in [0.717, 1.165) is 12.8 Å². The number of carboxylic acid groups (broad SMARTS) is 1. The van der Waals surface area contributed by atoms with Gasteiger partial charge in [-0.1, -0.05) is 96.1 Å². The summed E-state index contributed by atoms with van der Waals surface area (Å²) in [5.41, 5.74) is 0. The van der Waals surface area contributed by atoms with Crippen LogP contribution in [0.1, 0.15) is 122 Å². The predicted molar refractivity (Wildman–Crippen MR) is 111 cm³/mol. The molecule has 0 atom stereocenters. The van der Waals surface area contributed by atoms with Gasteiger partial charge in [0.25, 0.3) is 0 Å². The Morgan fingerprint density at radius 2 is 0.962 bits per heavy atom. The van der Waals surface area contributed by atoms with E-state index in [4.69, 9.17) is 15.6 Å². The molecule has 0 unspecified atom stereocenters. The van der Waals surface area contributed by atoms with Crippen molar-refractivity contribution in [3.05, 3.63) is 12.2 Å². The minimum Gasteiger partial charge on any atom is -0.481 e. The van der Waals surface area contributed by atoms with Gasteiger partial charge >= 0.3 is 5.97 Å². The normalized spacial score (nSPS) is 10.7. The van der Waals surface area contributed by atoms with Crippen LogP contribution in [-0.2, 0) is 4.79 Å². The Balaban J connectivity index is 0. The molecule has 4 nitrogen and oxygen atoms in total. The molecule has 0 rings (SSSR count). The van der Waals surface area contributed by atoms with Gasteiger partial charge in [0.1, 0.15) is 0 Å². The van der Waals surface area contributed by atoms with Crippen LogP contribution in [0, 0.1) is 0 Å². The molecule has 0 amide bonds. The largest absolute Gasteiger partial charge is 0.481 e. The lowest BCUT2D eigenvalue weighted by atomic mass is 10.1. The number of rotatable bonds is 19. The summed E-state index contributed by atoms with van der Waals surface area (Å²) in [6, 6.07) is 0. The topological polar surface area (TPSA) is 77.8 Å². The fourth-order valence-corrected chi connectivity index (χ4v) is 3.05. The molecule has 26 heavy (non-hydrogen) atoms. The number of aliphatic carboxylic acids is 1. The van der Waals surface area contributed by atoms with Crippen LogP contribution in [0.25, 0.3) is 0 Å². The van der Waals surface area contributed by atoms with Crippen LogP contribution in [0.15, 0.2) is 12.2 Å². The first-order valence-corrected chi connectivity index (χ1v) is 10.8. The fraction of sp³-hybridized carbons (Fsp3) is 0.864. The van der Waals surface area contributed by atoms with Gasteiger partial charge in [0.2, 0.25) is 0 Å². The molecule has 0 heterocycles. The lowest BCUT2D eigenvalue weighted by Gasteiger charge is -2.01. The molecule has 4 heteroatoms. The van der Waals surface area contributed by atoms with Crippen LogP contribution in [0.4, 0.5) is 0 Å². The van der Waals surface area contributed by atoms with Crippen LogP contribution in [-0.4, -0.2) is 21.6 Å². The molecule has 3 N–H and O–H groups in total. The van der Waals surface area contributed by atoms with Crippen molar-refractivity contribution in [2.45, 2.75) is 122 Å². The van der Waals surface area contributed by atoms with Gasteiger partial charge in [0.15, 0.2) is 0 Å². The van der Waals surface area contributed by atoms with Gasteiger partial charge in [-0.2, -0.15) is 0 Å². The van der Waals surface area contributed by atoms with Gasteiger partial charge in [-0.3, -0.25) is 15.3 Å². The first kappa shape index (κ1) is 27.3. The van der Waals surface area contributed by atoms with Crippen LogP contribution < -0.4 is 0 Å². The van der Waals surface area contributed by atoms with Crippen LogP contribution >= 0.6 is 0 Å². The number of hydrogen-bond acceptors (Lipinski definition) is 3. The Morgan fingerprint density at radius 3 is 1.35 bits per heavy atom. The molecule has 0 aromatic rings. The summed E-state index contributed by atoms with van der Waals surface area (Å²) in [5.74, 6) is -0.656. The third-order valence-corrected chi connectivity index (χ3v) is 4.65. The summed E-state index contributed by atoms with van der Waals surface area (Å²) in [5, 5.41) is 20.6. The molecule has 0 aromatic carbocycles. The first-order chi connectivity index (χ1) is 12.8. The molecular weight excluding hydrogens is 328 g/mol. The third-order valence-electron chi connectivity index (χ3n) is 4.65. The van der Waals surface area contributed by atoms with E-state index >= 15 is 0 Å². The number of allylic oxidation sites excluding steroid dienone is 2. The molecule has 0 radical (unpaired) electrons. The highest BCUT2D eigenvalue weighted by Crippen LogP contribution is 2.12. The van der Waals surface area contributed by atoms with Gasteiger partial charge in [-0.05, 0) is 32.1 Å². The minimum absolute atomic E-state index is 0.340. The van der Waals surface area contributed by atoms with Crippen molar-refractivity contribution < 1.29 is 20.4 Å². The lowest BCUT2D eigenvalue weighted by Crippen LogP contribution is -1.93. The molecule has 0 aliphatic rings. The summed E-state index contributed by atoms with van der Waals surface area (Å²) in [4.78, 5) is 10.4. The van der Waals surface area contributed by atoms with E-state index in [0.29, 0.717) is 6.42 Å². The summed E-state index contributed by atoms with van der Waals surface area (Å²) < 4.78 is 0. The molecule has 0 spiro atoms. The second-order valence-electron chi connectivity index (χ2n) is 7.14. The summed E-state index contributed by atoms with van der Waals surface area (Å²) >= 11 is 0.